The van der Waals surface area contributed by atoms with E-state index in [1.807, 2.05) is 24.3 Å². The van der Waals surface area contributed by atoms with Crippen LogP contribution in [0.15, 0.2) is 76.3 Å². The van der Waals surface area contributed by atoms with Crippen LogP contribution in [0.2, 0.25) is 0 Å². The molecule has 0 spiro atoms. The number of furan rings is 1. The van der Waals surface area contributed by atoms with Gasteiger partial charge >= 0.3 is 0 Å². The van der Waals surface area contributed by atoms with Crippen molar-refractivity contribution in [3.05, 3.63) is 89.4 Å². The average molecular weight is 372 g/mol. The van der Waals surface area contributed by atoms with E-state index in [1.165, 1.54) is 11.6 Å². The van der Waals surface area contributed by atoms with Crippen molar-refractivity contribution in [3.8, 4) is 5.75 Å². The minimum atomic E-state index is -0.261. The molecule has 1 N–H and O–H groups in total. The monoisotopic (exact) mass is 372 g/mol. The Labute approximate surface area is 163 Å². The molecule has 2 heterocycles. The zero-order valence-electron chi connectivity index (χ0n) is 15.5. The van der Waals surface area contributed by atoms with E-state index in [4.69, 9.17) is 14.1 Å². The van der Waals surface area contributed by atoms with E-state index in [0.29, 0.717) is 17.2 Å². The molecule has 0 saturated heterocycles. The average Bonchev–Trinajstić information content (AvgIpc) is 3.26. The molecule has 5 nitrogen and oxygen atoms in total. The SMILES string of the molecule is COc1cc(C2=NCCc3ccccc32)ccc1NC(=O)/C=C/c1ccco1. The van der Waals surface area contributed by atoms with E-state index in [2.05, 4.69) is 23.5 Å². The second-order valence-corrected chi connectivity index (χ2v) is 6.39. The second kappa shape index (κ2) is 7.96. The first-order valence-electron chi connectivity index (χ1n) is 9.08. The van der Waals surface area contributed by atoms with E-state index >= 15 is 0 Å². The molecular formula is C23H20N2O3. The lowest BCUT2D eigenvalue weighted by Crippen LogP contribution is -2.14. The van der Waals surface area contributed by atoms with Crippen LogP contribution in [-0.4, -0.2) is 25.3 Å². The van der Waals surface area contributed by atoms with Crippen molar-refractivity contribution in [3.63, 3.8) is 0 Å². The van der Waals surface area contributed by atoms with Gasteiger partial charge in [0, 0.05) is 23.7 Å². The number of ether oxygens (including phenoxy) is 1. The maximum absolute atomic E-state index is 12.2. The third-order valence-corrected chi connectivity index (χ3v) is 4.60. The number of anilines is 1. The summed E-state index contributed by atoms with van der Waals surface area (Å²) in [6.45, 7) is 0.769. The number of carbonyl (C=O) groups is 1. The largest absolute Gasteiger partial charge is 0.495 e. The molecular weight excluding hydrogens is 352 g/mol. The summed E-state index contributed by atoms with van der Waals surface area (Å²) in [6, 6.07) is 17.6. The van der Waals surface area contributed by atoms with Crippen LogP contribution in [0, 0.1) is 0 Å². The topological polar surface area (TPSA) is 63.8 Å². The van der Waals surface area contributed by atoms with Crippen LogP contribution in [0.25, 0.3) is 6.08 Å². The predicted octanol–water partition coefficient (Wildman–Crippen LogP) is 4.33. The van der Waals surface area contributed by atoms with Crippen LogP contribution in [-0.2, 0) is 11.2 Å². The molecule has 0 aliphatic carbocycles. The molecule has 1 amide bonds. The molecule has 0 atom stereocenters. The molecule has 1 aromatic heterocycles. The number of carbonyl (C=O) groups excluding carboxylic acids is 1. The molecule has 0 unspecified atom stereocenters. The molecule has 5 heteroatoms. The van der Waals surface area contributed by atoms with Crippen LogP contribution in [0.4, 0.5) is 5.69 Å². The molecule has 0 radical (unpaired) electrons. The normalized spacial score (nSPS) is 13.1. The Morgan fingerprint density at radius 2 is 2.07 bits per heavy atom. The lowest BCUT2D eigenvalue weighted by Gasteiger charge is -2.18. The van der Waals surface area contributed by atoms with Gasteiger partial charge in [-0.3, -0.25) is 9.79 Å². The van der Waals surface area contributed by atoms with Crippen molar-refractivity contribution in [2.45, 2.75) is 6.42 Å². The van der Waals surface area contributed by atoms with Crippen LogP contribution in [0.1, 0.15) is 22.5 Å². The number of rotatable bonds is 5. The summed E-state index contributed by atoms with van der Waals surface area (Å²) in [7, 11) is 1.59. The summed E-state index contributed by atoms with van der Waals surface area (Å²) in [5, 5.41) is 2.84. The molecule has 140 valence electrons. The fraction of sp³-hybridized carbons (Fsp3) is 0.130. The van der Waals surface area contributed by atoms with Crippen molar-refractivity contribution in [2.24, 2.45) is 4.99 Å². The lowest BCUT2D eigenvalue weighted by atomic mass is 9.93. The zero-order chi connectivity index (χ0) is 19.3. The quantitative estimate of drug-likeness (QED) is 0.678. The van der Waals surface area contributed by atoms with Crippen molar-refractivity contribution in [1.29, 1.82) is 0 Å². The third-order valence-electron chi connectivity index (χ3n) is 4.60. The Morgan fingerprint density at radius 3 is 2.89 bits per heavy atom. The number of amides is 1. The highest BCUT2D eigenvalue weighted by Gasteiger charge is 2.17. The molecule has 0 saturated carbocycles. The van der Waals surface area contributed by atoms with Crippen LogP contribution < -0.4 is 10.1 Å². The number of fused-ring (bicyclic) bond motifs is 1. The molecule has 28 heavy (non-hydrogen) atoms. The van der Waals surface area contributed by atoms with Crippen molar-refractivity contribution in [2.75, 3.05) is 19.0 Å². The first-order valence-corrected chi connectivity index (χ1v) is 9.08. The van der Waals surface area contributed by atoms with Gasteiger partial charge in [0.15, 0.2) is 0 Å². The molecule has 3 aromatic rings. The maximum Gasteiger partial charge on any atom is 0.248 e. The van der Waals surface area contributed by atoms with Crippen LogP contribution in [0.3, 0.4) is 0 Å². The van der Waals surface area contributed by atoms with Crippen molar-refractivity contribution < 1.29 is 13.9 Å². The van der Waals surface area contributed by atoms with Gasteiger partial charge in [0.05, 0.1) is 24.8 Å². The highest BCUT2D eigenvalue weighted by molar-refractivity contribution is 6.15. The molecule has 1 aliphatic heterocycles. The zero-order valence-corrected chi connectivity index (χ0v) is 15.5. The Kier molecular flexibility index (Phi) is 5.06. The predicted molar refractivity (Wildman–Crippen MR) is 110 cm³/mol. The number of hydrogen-bond acceptors (Lipinski definition) is 4. The van der Waals surface area contributed by atoms with Crippen LogP contribution >= 0.6 is 0 Å². The number of aliphatic imine (C=N–C) groups is 1. The smallest absolute Gasteiger partial charge is 0.248 e. The molecule has 4 rings (SSSR count). The lowest BCUT2D eigenvalue weighted by molar-refractivity contribution is -0.111. The first-order chi connectivity index (χ1) is 13.7. The molecule has 0 bridgehead atoms. The van der Waals surface area contributed by atoms with E-state index in [9.17, 15) is 4.79 Å². The number of nitrogens with zero attached hydrogens (tertiary/aromatic N) is 1. The standard InChI is InChI=1S/C23H20N2O3/c1-27-21-15-17(23-19-7-3-2-5-16(19)12-13-24-23)8-10-20(21)25-22(26)11-9-18-6-4-14-28-18/h2-11,14-15H,12-13H2,1H3,(H,25,26)/b11-9+. The molecule has 1 aliphatic rings. The van der Waals surface area contributed by atoms with Gasteiger partial charge in [0.2, 0.25) is 5.91 Å². The fourth-order valence-corrected chi connectivity index (χ4v) is 3.25. The highest BCUT2D eigenvalue weighted by Crippen LogP contribution is 2.29. The summed E-state index contributed by atoms with van der Waals surface area (Å²) in [4.78, 5) is 16.9. The first kappa shape index (κ1) is 17.8. The van der Waals surface area contributed by atoms with E-state index in [0.717, 1.165) is 29.8 Å². The van der Waals surface area contributed by atoms with E-state index < -0.39 is 0 Å². The van der Waals surface area contributed by atoms with Gasteiger partial charge in [-0.05, 0) is 42.3 Å². The Hall–Kier alpha value is -3.60. The summed E-state index contributed by atoms with van der Waals surface area (Å²) in [5.41, 5.74) is 4.97. The minimum Gasteiger partial charge on any atom is -0.495 e. The maximum atomic E-state index is 12.2. The number of nitrogens with one attached hydrogen (secondary N) is 1. The summed E-state index contributed by atoms with van der Waals surface area (Å²) < 4.78 is 10.7. The number of hydrogen-bond donors (Lipinski definition) is 1. The third kappa shape index (κ3) is 3.74. The highest BCUT2D eigenvalue weighted by atomic mass is 16.5. The van der Waals surface area contributed by atoms with E-state index in [1.54, 1.807) is 31.6 Å². The molecule has 0 fully saturated rings. The van der Waals surface area contributed by atoms with Gasteiger partial charge in [-0.2, -0.15) is 0 Å². The van der Waals surface area contributed by atoms with Gasteiger partial charge < -0.3 is 14.5 Å². The van der Waals surface area contributed by atoms with Gasteiger partial charge in [-0.15, -0.1) is 0 Å². The van der Waals surface area contributed by atoms with Crippen LogP contribution in [0.5, 0.6) is 5.75 Å². The fourth-order valence-electron chi connectivity index (χ4n) is 3.25. The van der Waals surface area contributed by atoms with Gasteiger partial charge in [-0.25, -0.2) is 0 Å². The molecule has 2 aromatic carbocycles. The van der Waals surface area contributed by atoms with E-state index in [-0.39, 0.29) is 5.91 Å². The number of methoxy groups -OCH3 is 1. The Balaban J connectivity index is 1.57. The summed E-state index contributed by atoms with van der Waals surface area (Å²) in [6.07, 6.45) is 5.55. The Morgan fingerprint density at radius 1 is 1.18 bits per heavy atom. The number of benzene rings is 2. The Bertz CT molecular complexity index is 1050. The minimum absolute atomic E-state index is 0.261. The van der Waals surface area contributed by atoms with Crippen molar-refractivity contribution >= 4 is 23.4 Å². The summed E-state index contributed by atoms with van der Waals surface area (Å²) in [5.74, 6) is 0.942. The van der Waals surface area contributed by atoms with Crippen molar-refractivity contribution in [1.82, 2.24) is 0 Å². The van der Waals surface area contributed by atoms with Gasteiger partial charge in [0.25, 0.3) is 0 Å². The summed E-state index contributed by atoms with van der Waals surface area (Å²) >= 11 is 0. The van der Waals surface area contributed by atoms with Gasteiger partial charge in [-0.1, -0.05) is 30.3 Å². The van der Waals surface area contributed by atoms with Gasteiger partial charge in [0.1, 0.15) is 11.5 Å². The second-order valence-electron chi connectivity index (χ2n) is 6.39.